The number of hydrogen-bond acceptors (Lipinski definition) is 5. The number of carbonyl (C=O) groups is 1. The van der Waals surface area contributed by atoms with E-state index in [2.05, 4.69) is 24.1 Å². The molecule has 0 aliphatic carbocycles. The summed E-state index contributed by atoms with van der Waals surface area (Å²) >= 11 is 6.21. The van der Waals surface area contributed by atoms with Crippen LogP contribution in [0, 0.1) is 0 Å². The molecule has 2 atom stereocenters. The highest BCUT2D eigenvalue weighted by Crippen LogP contribution is 2.40. The monoisotopic (exact) mass is 402 g/mol. The minimum Gasteiger partial charge on any atom is -0.454 e. The van der Waals surface area contributed by atoms with Crippen molar-refractivity contribution in [1.82, 2.24) is 4.90 Å². The van der Waals surface area contributed by atoms with E-state index in [1.807, 2.05) is 24.3 Å². The zero-order chi connectivity index (χ0) is 19.7. The maximum Gasteiger partial charge on any atom is 0.255 e. The molecule has 0 spiro atoms. The van der Waals surface area contributed by atoms with Gasteiger partial charge < -0.3 is 19.5 Å². The van der Waals surface area contributed by atoms with Crippen LogP contribution in [-0.4, -0.2) is 42.9 Å². The average molecular weight is 403 g/mol. The van der Waals surface area contributed by atoms with Crippen LogP contribution in [0.2, 0.25) is 5.02 Å². The van der Waals surface area contributed by atoms with Gasteiger partial charge in [-0.2, -0.15) is 0 Å². The number of nitrogens with zero attached hydrogens (tertiary/aromatic N) is 1. The first kappa shape index (κ1) is 19.1. The van der Waals surface area contributed by atoms with Crippen LogP contribution in [0.3, 0.4) is 0 Å². The number of fused-ring (bicyclic) bond motifs is 1. The molecular formula is C21H23ClN2O4. The fourth-order valence-corrected chi connectivity index (χ4v) is 3.99. The summed E-state index contributed by atoms with van der Waals surface area (Å²) in [5.41, 5.74) is 2.27. The van der Waals surface area contributed by atoms with Crippen LogP contribution in [0.5, 0.6) is 11.5 Å². The molecule has 2 aliphatic rings. The van der Waals surface area contributed by atoms with Gasteiger partial charge in [0.15, 0.2) is 11.5 Å². The van der Waals surface area contributed by atoms with Crippen LogP contribution in [0.25, 0.3) is 0 Å². The number of hydrogen-bond donors (Lipinski definition) is 1. The standard InChI is InChI=1S/C21H23ClN2O4/c1-13-9-24(10-14(2)28-13)11-15-5-3-4-6-18(15)23-21(25)16-7-17(22)20-19(8-16)26-12-27-20/h3-8,13-14H,9-12H2,1-2H3,(H,23,25). The molecule has 2 aliphatic heterocycles. The number of rotatable bonds is 4. The normalized spacial score (nSPS) is 21.5. The molecule has 2 unspecified atom stereocenters. The van der Waals surface area contributed by atoms with Gasteiger partial charge in [-0.1, -0.05) is 29.8 Å². The third-order valence-corrected chi connectivity index (χ3v) is 5.12. The molecule has 2 aromatic rings. The summed E-state index contributed by atoms with van der Waals surface area (Å²) < 4.78 is 16.5. The number of benzene rings is 2. The van der Waals surface area contributed by atoms with E-state index in [-0.39, 0.29) is 24.9 Å². The van der Waals surface area contributed by atoms with E-state index >= 15 is 0 Å². The Kier molecular flexibility index (Phi) is 5.44. The van der Waals surface area contributed by atoms with Crippen LogP contribution in [0.1, 0.15) is 29.8 Å². The highest BCUT2D eigenvalue weighted by molar-refractivity contribution is 6.32. The first-order valence-corrected chi connectivity index (χ1v) is 9.73. The summed E-state index contributed by atoms with van der Waals surface area (Å²) in [5.74, 6) is 0.729. The van der Waals surface area contributed by atoms with Crippen molar-refractivity contribution in [3.63, 3.8) is 0 Å². The van der Waals surface area contributed by atoms with Crippen molar-refractivity contribution in [3.8, 4) is 11.5 Å². The van der Waals surface area contributed by atoms with Gasteiger partial charge in [-0.05, 0) is 37.6 Å². The lowest BCUT2D eigenvalue weighted by Crippen LogP contribution is -2.44. The number of nitrogens with one attached hydrogen (secondary N) is 1. The number of para-hydroxylation sites is 1. The summed E-state index contributed by atoms with van der Waals surface area (Å²) in [5, 5.41) is 3.37. The van der Waals surface area contributed by atoms with Crippen molar-refractivity contribution >= 4 is 23.2 Å². The van der Waals surface area contributed by atoms with E-state index in [0.717, 1.165) is 30.9 Å². The third-order valence-electron chi connectivity index (χ3n) is 4.84. The molecule has 148 valence electrons. The maximum absolute atomic E-state index is 12.8. The lowest BCUT2D eigenvalue weighted by Gasteiger charge is -2.35. The van der Waals surface area contributed by atoms with E-state index in [4.69, 9.17) is 25.8 Å². The molecule has 1 saturated heterocycles. The van der Waals surface area contributed by atoms with Gasteiger partial charge in [0.1, 0.15) is 0 Å². The summed E-state index contributed by atoms with van der Waals surface area (Å²) in [7, 11) is 0. The van der Waals surface area contributed by atoms with Gasteiger partial charge >= 0.3 is 0 Å². The topological polar surface area (TPSA) is 60.0 Å². The number of morpholine rings is 1. The molecule has 1 N–H and O–H groups in total. The Hall–Kier alpha value is -2.28. The van der Waals surface area contributed by atoms with Crippen molar-refractivity contribution < 1.29 is 19.0 Å². The molecule has 7 heteroatoms. The SMILES string of the molecule is CC1CN(Cc2ccccc2NC(=O)c2cc(Cl)c3c(c2)OCO3)CC(C)O1. The lowest BCUT2D eigenvalue weighted by atomic mass is 10.1. The largest absolute Gasteiger partial charge is 0.454 e. The molecule has 1 amide bonds. The zero-order valence-corrected chi connectivity index (χ0v) is 16.7. The Labute approximate surface area is 169 Å². The highest BCUT2D eigenvalue weighted by Gasteiger charge is 2.24. The van der Waals surface area contributed by atoms with Gasteiger partial charge in [0.05, 0.1) is 17.2 Å². The molecule has 2 heterocycles. The lowest BCUT2D eigenvalue weighted by molar-refractivity contribution is -0.0704. The van der Waals surface area contributed by atoms with E-state index in [9.17, 15) is 4.79 Å². The fraction of sp³-hybridized carbons (Fsp3) is 0.381. The van der Waals surface area contributed by atoms with E-state index in [0.29, 0.717) is 22.1 Å². The van der Waals surface area contributed by atoms with Crippen molar-refractivity contribution in [3.05, 3.63) is 52.5 Å². The first-order valence-electron chi connectivity index (χ1n) is 9.36. The van der Waals surface area contributed by atoms with E-state index in [1.54, 1.807) is 12.1 Å². The molecule has 0 radical (unpaired) electrons. The van der Waals surface area contributed by atoms with Gasteiger partial charge in [-0.15, -0.1) is 0 Å². The van der Waals surface area contributed by atoms with Crippen LogP contribution in [0.4, 0.5) is 5.69 Å². The molecule has 1 fully saturated rings. The summed E-state index contributed by atoms with van der Waals surface area (Å²) in [6.07, 6.45) is 0.391. The summed E-state index contributed by atoms with van der Waals surface area (Å²) in [6, 6.07) is 11.1. The summed E-state index contributed by atoms with van der Waals surface area (Å²) in [6.45, 7) is 6.75. The first-order chi connectivity index (χ1) is 13.5. The van der Waals surface area contributed by atoms with E-state index in [1.165, 1.54) is 0 Å². The van der Waals surface area contributed by atoms with Crippen LogP contribution in [0.15, 0.2) is 36.4 Å². The Morgan fingerprint density at radius 3 is 2.71 bits per heavy atom. The number of carbonyl (C=O) groups excluding carboxylic acids is 1. The predicted molar refractivity (Wildman–Crippen MR) is 107 cm³/mol. The molecule has 28 heavy (non-hydrogen) atoms. The molecule has 0 bridgehead atoms. The smallest absolute Gasteiger partial charge is 0.255 e. The van der Waals surface area contributed by atoms with Crippen LogP contribution in [-0.2, 0) is 11.3 Å². The molecule has 0 saturated carbocycles. The number of ether oxygens (including phenoxy) is 3. The highest BCUT2D eigenvalue weighted by atomic mass is 35.5. The Morgan fingerprint density at radius 1 is 1.18 bits per heavy atom. The minimum absolute atomic E-state index is 0.110. The Bertz CT molecular complexity index is 879. The third kappa shape index (κ3) is 4.09. The maximum atomic E-state index is 12.8. The molecule has 4 rings (SSSR count). The van der Waals surface area contributed by atoms with Crippen molar-refractivity contribution in [2.75, 3.05) is 25.2 Å². The minimum atomic E-state index is -0.239. The van der Waals surface area contributed by atoms with Gasteiger partial charge in [-0.3, -0.25) is 9.69 Å². The average Bonchev–Trinajstić information content (AvgIpc) is 3.12. The Morgan fingerprint density at radius 2 is 1.93 bits per heavy atom. The molecule has 0 aromatic heterocycles. The van der Waals surface area contributed by atoms with Crippen molar-refractivity contribution in [1.29, 1.82) is 0 Å². The summed E-state index contributed by atoms with van der Waals surface area (Å²) in [4.78, 5) is 15.2. The fourth-order valence-electron chi connectivity index (χ4n) is 3.73. The molecular weight excluding hydrogens is 380 g/mol. The van der Waals surface area contributed by atoms with Crippen molar-refractivity contribution in [2.24, 2.45) is 0 Å². The second-order valence-corrected chi connectivity index (χ2v) is 7.66. The zero-order valence-electron chi connectivity index (χ0n) is 15.9. The predicted octanol–water partition coefficient (Wildman–Crippen LogP) is 3.93. The second-order valence-electron chi connectivity index (χ2n) is 7.25. The van der Waals surface area contributed by atoms with Crippen molar-refractivity contribution in [2.45, 2.75) is 32.6 Å². The van der Waals surface area contributed by atoms with Crippen LogP contribution < -0.4 is 14.8 Å². The number of anilines is 1. The van der Waals surface area contributed by atoms with Crippen LogP contribution >= 0.6 is 11.6 Å². The Balaban J connectivity index is 1.51. The van der Waals surface area contributed by atoms with Gasteiger partial charge in [0, 0.05) is 30.9 Å². The number of halogens is 1. The quantitative estimate of drug-likeness (QED) is 0.839. The van der Waals surface area contributed by atoms with Gasteiger partial charge in [0.2, 0.25) is 6.79 Å². The van der Waals surface area contributed by atoms with Gasteiger partial charge in [-0.25, -0.2) is 0 Å². The molecule has 2 aromatic carbocycles. The van der Waals surface area contributed by atoms with Gasteiger partial charge in [0.25, 0.3) is 5.91 Å². The number of amides is 1. The molecule has 6 nitrogen and oxygen atoms in total. The second kappa shape index (κ2) is 7.99. The van der Waals surface area contributed by atoms with E-state index < -0.39 is 0 Å².